The third-order valence-electron chi connectivity index (χ3n) is 3.71. The zero-order valence-corrected chi connectivity index (χ0v) is 15.7. The van der Waals surface area contributed by atoms with Crippen LogP contribution in [0, 0.1) is 0 Å². The van der Waals surface area contributed by atoms with Gasteiger partial charge in [-0.1, -0.05) is 30.3 Å². The molecule has 7 heteroatoms. The van der Waals surface area contributed by atoms with Crippen molar-refractivity contribution in [3.63, 3.8) is 0 Å². The molecule has 0 unspecified atom stereocenters. The standard InChI is InChI=1S/C16H22N6.HI/c1-2-17-16(18-11-13-7-4-3-5-8-13)19-12-15-21-20-14-9-6-10-22(14)15;/h3-5,7-8H,2,6,9-12H2,1H3,(H2,17,18,19);1H. The average molecular weight is 426 g/mol. The van der Waals surface area contributed by atoms with E-state index in [9.17, 15) is 0 Å². The van der Waals surface area contributed by atoms with Crippen LogP contribution < -0.4 is 10.6 Å². The van der Waals surface area contributed by atoms with Crippen LogP contribution in [0.5, 0.6) is 0 Å². The maximum absolute atomic E-state index is 4.61. The van der Waals surface area contributed by atoms with Gasteiger partial charge in [-0.2, -0.15) is 0 Å². The van der Waals surface area contributed by atoms with Gasteiger partial charge in [0.2, 0.25) is 0 Å². The Hall–Kier alpha value is -1.64. The molecule has 0 amide bonds. The first-order valence-electron chi connectivity index (χ1n) is 7.84. The number of aromatic nitrogens is 3. The molecule has 0 atom stereocenters. The van der Waals surface area contributed by atoms with E-state index in [0.717, 1.165) is 37.1 Å². The van der Waals surface area contributed by atoms with Crippen molar-refractivity contribution in [2.75, 3.05) is 6.54 Å². The van der Waals surface area contributed by atoms with Gasteiger partial charge in [0.15, 0.2) is 11.8 Å². The Bertz CT molecular complexity index is 637. The van der Waals surface area contributed by atoms with E-state index in [2.05, 4.69) is 49.4 Å². The number of benzene rings is 1. The summed E-state index contributed by atoms with van der Waals surface area (Å²) in [6.45, 7) is 5.23. The molecule has 124 valence electrons. The summed E-state index contributed by atoms with van der Waals surface area (Å²) in [4.78, 5) is 4.61. The Balaban J connectivity index is 0.00000192. The first-order chi connectivity index (χ1) is 10.9. The maximum Gasteiger partial charge on any atom is 0.191 e. The summed E-state index contributed by atoms with van der Waals surface area (Å²) in [5.74, 6) is 2.89. The van der Waals surface area contributed by atoms with Crippen LogP contribution in [-0.4, -0.2) is 27.3 Å². The second-order valence-corrected chi connectivity index (χ2v) is 5.32. The van der Waals surface area contributed by atoms with Crippen LogP contribution in [-0.2, 0) is 26.1 Å². The largest absolute Gasteiger partial charge is 0.357 e. The lowest BCUT2D eigenvalue weighted by molar-refractivity contribution is 0.663. The number of fused-ring (bicyclic) bond motifs is 1. The summed E-state index contributed by atoms with van der Waals surface area (Å²) in [6, 6.07) is 10.2. The van der Waals surface area contributed by atoms with Crippen molar-refractivity contribution in [3.05, 3.63) is 47.5 Å². The van der Waals surface area contributed by atoms with Crippen LogP contribution in [0.4, 0.5) is 0 Å². The monoisotopic (exact) mass is 426 g/mol. The van der Waals surface area contributed by atoms with Gasteiger partial charge in [-0.3, -0.25) is 0 Å². The highest BCUT2D eigenvalue weighted by molar-refractivity contribution is 14.0. The van der Waals surface area contributed by atoms with Gasteiger partial charge in [0.05, 0.1) is 13.1 Å². The fourth-order valence-corrected chi connectivity index (χ4v) is 2.60. The zero-order valence-electron chi connectivity index (χ0n) is 13.3. The summed E-state index contributed by atoms with van der Waals surface area (Å²) in [7, 11) is 0. The number of halogens is 1. The average Bonchev–Trinajstić information content (AvgIpc) is 3.15. The molecule has 3 rings (SSSR count). The number of guanidine groups is 1. The molecular formula is C16H23IN6. The van der Waals surface area contributed by atoms with Gasteiger partial charge in [0.25, 0.3) is 0 Å². The highest BCUT2D eigenvalue weighted by Gasteiger charge is 2.16. The normalized spacial score (nSPS) is 13.3. The van der Waals surface area contributed by atoms with E-state index in [0.29, 0.717) is 13.1 Å². The lowest BCUT2D eigenvalue weighted by atomic mass is 10.2. The van der Waals surface area contributed by atoms with Crippen molar-refractivity contribution in [1.29, 1.82) is 0 Å². The fourth-order valence-electron chi connectivity index (χ4n) is 2.60. The Morgan fingerprint density at radius 3 is 2.83 bits per heavy atom. The molecule has 1 aromatic carbocycles. The predicted molar refractivity (Wildman–Crippen MR) is 102 cm³/mol. The third kappa shape index (κ3) is 4.66. The fraction of sp³-hybridized carbons (Fsp3) is 0.438. The van der Waals surface area contributed by atoms with Crippen molar-refractivity contribution in [3.8, 4) is 0 Å². The molecule has 2 aromatic rings. The summed E-state index contributed by atoms with van der Waals surface area (Å²) in [5.41, 5.74) is 1.20. The van der Waals surface area contributed by atoms with Gasteiger partial charge >= 0.3 is 0 Å². The SMILES string of the molecule is CCNC(=NCc1ccccc1)NCc1nnc2n1CCC2.I. The van der Waals surface area contributed by atoms with Crippen LogP contribution in [0.3, 0.4) is 0 Å². The molecule has 2 heterocycles. The molecule has 0 radical (unpaired) electrons. The number of hydrogen-bond donors (Lipinski definition) is 2. The van der Waals surface area contributed by atoms with Gasteiger partial charge in [0, 0.05) is 19.5 Å². The Labute approximate surface area is 153 Å². The summed E-state index contributed by atoms with van der Waals surface area (Å²) in [6.07, 6.45) is 2.20. The highest BCUT2D eigenvalue weighted by atomic mass is 127. The molecule has 0 bridgehead atoms. The molecule has 1 aliphatic heterocycles. The van der Waals surface area contributed by atoms with E-state index in [4.69, 9.17) is 0 Å². The summed E-state index contributed by atoms with van der Waals surface area (Å²) in [5, 5.41) is 15.1. The Morgan fingerprint density at radius 1 is 1.22 bits per heavy atom. The van der Waals surface area contributed by atoms with E-state index >= 15 is 0 Å². The van der Waals surface area contributed by atoms with E-state index in [1.54, 1.807) is 0 Å². The minimum atomic E-state index is 0. The molecule has 2 N–H and O–H groups in total. The van der Waals surface area contributed by atoms with E-state index in [1.165, 1.54) is 12.0 Å². The molecule has 1 aromatic heterocycles. The summed E-state index contributed by atoms with van der Waals surface area (Å²) < 4.78 is 2.20. The number of nitrogens with zero attached hydrogens (tertiary/aromatic N) is 4. The van der Waals surface area contributed by atoms with Gasteiger partial charge in [-0.05, 0) is 18.9 Å². The number of aliphatic imine (C=N–C) groups is 1. The smallest absolute Gasteiger partial charge is 0.191 e. The quantitative estimate of drug-likeness (QED) is 0.437. The van der Waals surface area contributed by atoms with Crippen LogP contribution in [0.1, 0.15) is 30.6 Å². The first kappa shape index (κ1) is 17.7. The molecule has 0 spiro atoms. The predicted octanol–water partition coefficient (Wildman–Crippen LogP) is 2.10. The van der Waals surface area contributed by atoms with Crippen LogP contribution in [0.2, 0.25) is 0 Å². The van der Waals surface area contributed by atoms with Crippen LogP contribution >= 0.6 is 24.0 Å². The van der Waals surface area contributed by atoms with Crippen molar-refractivity contribution < 1.29 is 0 Å². The van der Waals surface area contributed by atoms with E-state index in [-0.39, 0.29) is 24.0 Å². The van der Waals surface area contributed by atoms with E-state index in [1.807, 2.05) is 18.2 Å². The summed E-state index contributed by atoms with van der Waals surface area (Å²) >= 11 is 0. The minimum Gasteiger partial charge on any atom is -0.357 e. The highest BCUT2D eigenvalue weighted by Crippen LogP contribution is 2.13. The van der Waals surface area contributed by atoms with Gasteiger partial charge in [0.1, 0.15) is 5.82 Å². The molecular weight excluding hydrogens is 403 g/mol. The molecule has 23 heavy (non-hydrogen) atoms. The number of nitrogens with one attached hydrogen (secondary N) is 2. The topological polar surface area (TPSA) is 67.1 Å². The second kappa shape index (κ2) is 8.85. The molecule has 0 fully saturated rings. The lowest BCUT2D eigenvalue weighted by Gasteiger charge is -2.11. The van der Waals surface area contributed by atoms with Crippen LogP contribution in [0.15, 0.2) is 35.3 Å². The van der Waals surface area contributed by atoms with Crippen molar-refractivity contribution in [1.82, 2.24) is 25.4 Å². The molecule has 0 aliphatic carbocycles. The molecule has 6 nitrogen and oxygen atoms in total. The van der Waals surface area contributed by atoms with Gasteiger partial charge in [-0.15, -0.1) is 34.2 Å². The Kier molecular flexibility index (Phi) is 6.82. The van der Waals surface area contributed by atoms with E-state index < -0.39 is 0 Å². The Morgan fingerprint density at radius 2 is 2.04 bits per heavy atom. The van der Waals surface area contributed by atoms with Crippen molar-refractivity contribution >= 4 is 29.9 Å². The molecule has 1 aliphatic rings. The number of hydrogen-bond acceptors (Lipinski definition) is 3. The van der Waals surface area contributed by atoms with Gasteiger partial charge in [-0.25, -0.2) is 4.99 Å². The number of aryl methyl sites for hydroxylation is 1. The number of rotatable bonds is 5. The molecule has 0 saturated heterocycles. The third-order valence-corrected chi connectivity index (χ3v) is 3.71. The van der Waals surface area contributed by atoms with Gasteiger partial charge < -0.3 is 15.2 Å². The first-order valence-corrected chi connectivity index (χ1v) is 7.84. The molecule has 0 saturated carbocycles. The van der Waals surface area contributed by atoms with Crippen molar-refractivity contribution in [2.24, 2.45) is 4.99 Å². The lowest BCUT2D eigenvalue weighted by Crippen LogP contribution is -2.37. The zero-order chi connectivity index (χ0) is 15.2. The minimum absolute atomic E-state index is 0. The maximum atomic E-state index is 4.61. The second-order valence-electron chi connectivity index (χ2n) is 5.32. The van der Waals surface area contributed by atoms with Crippen LogP contribution in [0.25, 0.3) is 0 Å². The van der Waals surface area contributed by atoms with Crippen molar-refractivity contribution in [2.45, 2.75) is 39.4 Å².